The molecule has 0 saturated carbocycles. The van der Waals surface area contributed by atoms with Crippen molar-refractivity contribution >= 4 is 11.8 Å². The molecule has 94 valence electrons. The minimum atomic E-state index is 0.701. The summed E-state index contributed by atoms with van der Waals surface area (Å²) in [6, 6.07) is 10.7. The first-order chi connectivity index (χ1) is 8.85. The normalized spacial score (nSPS) is 24.7. The zero-order valence-electron chi connectivity index (χ0n) is 10.2. The van der Waals surface area contributed by atoms with Crippen molar-refractivity contribution in [3.05, 3.63) is 35.4 Å². The molecule has 18 heavy (non-hydrogen) atoms. The van der Waals surface area contributed by atoms with E-state index in [0.717, 1.165) is 31.2 Å². The number of thioether (sulfide) groups is 1. The highest BCUT2D eigenvalue weighted by atomic mass is 32.2. The third-order valence-corrected chi connectivity index (χ3v) is 4.58. The van der Waals surface area contributed by atoms with E-state index in [2.05, 4.69) is 21.4 Å². The Balaban J connectivity index is 1.60. The van der Waals surface area contributed by atoms with Crippen LogP contribution in [0.3, 0.4) is 0 Å². The maximum atomic E-state index is 8.77. The largest absolute Gasteiger partial charge is 0.275 e. The molecule has 2 aliphatic rings. The molecule has 0 radical (unpaired) electrons. The van der Waals surface area contributed by atoms with Crippen molar-refractivity contribution in [2.75, 3.05) is 24.8 Å². The maximum absolute atomic E-state index is 8.77. The predicted octanol–water partition coefficient (Wildman–Crippen LogP) is 1.21. The fourth-order valence-electron chi connectivity index (χ4n) is 2.38. The standard InChI is InChI=1S/C13H16N4S/c14-5-11-1-3-12(4-2-11)7-17-9-16-10-18-8-13(16)6-15-17/h1-4,13,15H,6-10H2. The minimum Gasteiger partial charge on any atom is -0.275 e. The molecule has 1 N–H and O–H groups in total. The van der Waals surface area contributed by atoms with E-state index in [1.807, 2.05) is 36.0 Å². The summed E-state index contributed by atoms with van der Waals surface area (Å²) in [7, 11) is 0. The fraction of sp³-hybridized carbons (Fsp3) is 0.462. The Morgan fingerprint density at radius 3 is 3.00 bits per heavy atom. The summed E-state index contributed by atoms with van der Waals surface area (Å²) in [5.41, 5.74) is 5.45. The van der Waals surface area contributed by atoms with Crippen molar-refractivity contribution < 1.29 is 0 Å². The van der Waals surface area contributed by atoms with E-state index in [-0.39, 0.29) is 0 Å². The lowest BCUT2D eigenvalue weighted by Gasteiger charge is -2.37. The van der Waals surface area contributed by atoms with Gasteiger partial charge in [0.1, 0.15) is 0 Å². The zero-order valence-corrected chi connectivity index (χ0v) is 11.0. The lowest BCUT2D eigenvalue weighted by molar-refractivity contribution is 0.0223. The first-order valence-corrected chi connectivity index (χ1v) is 7.30. The zero-order chi connectivity index (χ0) is 12.4. The number of benzene rings is 1. The highest BCUT2D eigenvalue weighted by Gasteiger charge is 2.30. The molecular weight excluding hydrogens is 244 g/mol. The number of nitrogens with one attached hydrogen (secondary N) is 1. The van der Waals surface area contributed by atoms with Gasteiger partial charge in [0, 0.05) is 30.8 Å². The Labute approximate surface area is 112 Å². The van der Waals surface area contributed by atoms with E-state index >= 15 is 0 Å². The van der Waals surface area contributed by atoms with Gasteiger partial charge in [-0.05, 0) is 17.7 Å². The van der Waals surface area contributed by atoms with E-state index in [0.29, 0.717) is 6.04 Å². The lowest BCUT2D eigenvalue weighted by Crippen LogP contribution is -2.57. The molecule has 2 heterocycles. The van der Waals surface area contributed by atoms with Gasteiger partial charge in [-0.15, -0.1) is 11.8 Å². The molecule has 0 aromatic heterocycles. The lowest BCUT2D eigenvalue weighted by atomic mass is 10.1. The number of fused-ring (bicyclic) bond motifs is 1. The minimum absolute atomic E-state index is 0.701. The van der Waals surface area contributed by atoms with Gasteiger partial charge in [-0.2, -0.15) is 5.26 Å². The fourth-order valence-corrected chi connectivity index (χ4v) is 3.61. The van der Waals surface area contributed by atoms with Crippen LogP contribution in [0.25, 0.3) is 0 Å². The van der Waals surface area contributed by atoms with Crippen LogP contribution in [0.4, 0.5) is 0 Å². The average molecular weight is 260 g/mol. The van der Waals surface area contributed by atoms with Crippen LogP contribution in [0.2, 0.25) is 0 Å². The summed E-state index contributed by atoms with van der Waals surface area (Å²) in [4.78, 5) is 2.52. The van der Waals surface area contributed by atoms with Crippen LogP contribution in [-0.4, -0.2) is 40.8 Å². The van der Waals surface area contributed by atoms with Crippen LogP contribution in [0.1, 0.15) is 11.1 Å². The molecule has 3 rings (SSSR count). The average Bonchev–Trinajstić information content (AvgIpc) is 2.87. The van der Waals surface area contributed by atoms with Crippen molar-refractivity contribution in [1.82, 2.24) is 15.3 Å². The van der Waals surface area contributed by atoms with Crippen molar-refractivity contribution in [3.8, 4) is 6.07 Å². The predicted molar refractivity (Wildman–Crippen MR) is 72.5 cm³/mol. The summed E-state index contributed by atoms with van der Waals surface area (Å²) in [5.74, 6) is 2.40. The van der Waals surface area contributed by atoms with Crippen LogP contribution in [-0.2, 0) is 6.54 Å². The first kappa shape index (κ1) is 12.0. The van der Waals surface area contributed by atoms with Gasteiger partial charge in [0.25, 0.3) is 0 Å². The van der Waals surface area contributed by atoms with E-state index < -0.39 is 0 Å². The Kier molecular flexibility index (Phi) is 3.52. The molecule has 2 aliphatic heterocycles. The quantitative estimate of drug-likeness (QED) is 0.866. The van der Waals surface area contributed by atoms with Crippen LogP contribution in [0, 0.1) is 11.3 Å². The number of rotatable bonds is 2. The third-order valence-electron chi connectivity index (χ3n) is 3.44. The Hall–Kier alpha value is -1.06. The van der Waals surface area contributed by atoms with Crippen LogP contribution in [0.15, 0.2) is 24.3 Å². The summed E-state index contributed by atoms with van der Waals surface area (Å²) in [5, 5.41) is 11.0. The van der Waals surface area contributed by atoms with Gasteiger partial charge in [0.2, 0.25) is 0 Å². The molecule has 0 aliphatic carbocycles. The highest BCUT2D eigenvalue weighted by Crippen LogP contribution is 2.23. The Morgan fingerprint density at radius 2 is 2.22 bits per heavy atom. The molecule has 5 heteroatoms. The van der Waals surface area contributed by atoms with Gasteiger partial charge in [-0.25, -0.2) is 5.01 Å². The molecule has 2 saturated heterocycles. The Bertz CT molecular complexity index is 453. The number of nitriles is 1. The summed E-state index contributed by atoms with van der Waals surface area (Å²) < 4.78 is 0. The van der Waals surface area contributed by atoms with Crippen LogP contribution in [0.5, 0.6) is 0 Å². The Morgan fingerprint density at radius 1 is 1.39 bits per heavy atom. The number of hydrazine groups is 1. The number of hydrogen-bond donors (Lipinski definition) is 1. The molecule has 4 nitrogen and oxygen atoms in total. The topological polar surface area (TPSA) is 42.3 Å². The van der Waals surface area contributed by atoms with E-state index in [4.69, 9.17) is 5.26 Å². The summed E-state index contributed by atoms with van der Waals surface area (Å²) >= 11 is 2.02. The third kappa shape index (κ3) is 2.52. The second-order valence-corrected chi connectivity index (χ2v) is 5.75. The molecule has 1 unspecified atom stereocenters. The smallest absolute Gasteiger partial charge is 0.0991 e. The molecule has 1 atom stereocenters. The molecule has 0 bridgehead atoms. The van der Waals surface area contributed by atoms with Crippen molar-refractivity contribution in [3.63, 3.8) is 0 Å². The number of nitrogens with zero attached hydrogens (tertiary/aromatic N) is 3. The van der Waals surface area contributed by atoms with E-state index in [9.17, 15) is 0 Å². The highest BCUT2D eigenvalue weighted by molar-refractivity contribution is 7.99. The SMILES string of the molecule is N#Cc1ccc(CN2CN3CSCC3CN2)cc1. The summed E-state index contributed by atoms with van der Waals surface area (Å²) in [6.45, 7) is 2.92. The maximum Gasteiger partial charge on any atom is 0.0991 e. The molecular formula is C13H16N4S. The van der Waals surface area contributed by atoms with Crippen molar-refractivity contribution in [1.29, 1.82) is 5.26 Å². The van der Waals surface area contributed by atoms with Gasteiger partial charge in [-0.1, -0.05) is 12.1 Å². The molecule has 2 fully saturated rings. The molecule has 0 spiro atoms. The number of hydrogen-bond acceptors (Lipinski definition) is 5. The van der Waals surface area contributed by atoms with Gasteiger partial charge in [0.05, 0.1) is 18.3 Å². The van der Waals surface area contributed by atoms with Gasteiger partial charge in [0.15, 0.2) is 0 Å². The van der Waals surface area contributed by atoms with Gasteiger partial charge in [-0.3, -0.25) is 10.3 Å². The van der Waals surface area contributed by atoms with E-state index in [1.165, 1.54) is 11.3 Å². The molecule has 1 aromatic carbocycles. The second kappa shape index (κ2) is 5.29. The first-order valence-electron chi connectivity index (χ1n) is 6.14. The monoisotopic (exact) mass is 260 g/mol. The second-order valence-electron chi connectivity index (χ2n) is 4.75. The van der Waals surface area contributed by atoms with Crippen LogP contribution < -0.4 is 5.43 Å². The summed E-state index contributed by atoms with van der Waals surface area (Å²) in [6.07, 6.45) is 0. The molecule has 0 amide bonds. The van der Waals surface area contributed by atoms with Crippen molar-refractivity contribution in [2.45, 2.75) is 12.6 Å². The van der Waals surface area contributed by atoms with Crippen LogP contribution >= 0.6 is 11.8 Å². The van der Waals surface area contributed by atoms with Gasteiger partial charge >= 0.3 is 0 Å². The van der Waals surface area contributed by atoms with Crippen molar-refractivity contribution in [2.24, 2.45) is 0 Å². The molecule has 1 aromatic rings. The van der Waals surface area contributed by atoms with Gasteiger partial charge < -0.3 is 0 Å². The van der Waals surface area contributed by atoms with E-state index in [1.54, 1.807) is 0 Å².